The average Bonchev–Trinajstić information content (AvgIpc) is 3.21. The van der Waals surface area contributed by atoms with E-state index in [1.165, 1.54) is 12.8 Å². The fraction of sp³-hybridized carbons (Fsp3) is 0.444. The second-order valence-corrected chi connectivity index (χ2v) is 7.77. The molecule has 24 heavy (non-hydrogen) atoms. The molecule has 2 aromatic rings. The number of hydrogen-bond donors (Lipinski definition) is 2. The number of hydrogen-bond acceptors (Lipinski definition) is 3. The molecule has 126 valence electrons. The summed E-state index contributed by atoms with van der Waals surface area (Å²) < 4.78 is 1.03. The van der Waals surface area contributed by atoms with Crippen LogP contribution in [0.15, 0.2) is 34.8 Å². The monoisotopic (exact) mass is 388 g/mol. The van der Waals surface area contributed by atoms with Crippen LogP contribution in [0.2, 0.25) is 0 Å². The normalized spacial score (nSPS) is 25.7. The van der Waals surface area contributed by atoms with Crippen molar-refractivity contribution in [2.75, 3.05) is 7.05 Å². The predicted octanol–water partition coefficient (Wildman–Crippen LogP) is 3.19. The number of carbonyl (C=O) groups is 1. The standard InChI is InChI=1S/C18H21BrN4O/c1-23(15-8-13-6-7-14(9-15)20-13)18(24)17-10-16(21-22-17)11-2-4-12(19)5-3-11/h2-5,10,13-15,20H,6-9H2,1H3,(H,21,22). The number of H-pyrrole nitrogens is 1. The van der Waals surface area contributed by atoms with Gasteiger partial charge in [0.1, 0.15) is 5.69 Å². The Bertz CT molecular complexity index is 730. The lowest BCUT2D eigenvalue weighted by Gasteiger charge is -2.35. The van der Waals surface area contributed by atoms with Gasteiger partial charge in [0.15, 0.2) is 0 Å². The molecule has 2 bridgehead atoms. The summed E-state index contributed by atoms with van der Waals surface area (Å²) in [6, 6.07) is 11.2. The van der Waals surface area contributed by atoms with Crippen molar-refractivity contribution in [2.45, 2.75) is 43.8 Å². The Kier molecular flexibility index (Phi) is 4.18. The first kappa shape index (κ1) is 15.8. The van der Waals surface area contributed by atoms with Crippen molar-refractivity contribution in [3.8, 4) is 11.3 Å². The lowest BCUT2D eigenvalue weighted by Crippen LogP contribution is -2.48. The van der Waals surface area contributed by atoms with E-state index in [0.29, 0.717) is 23.8 Å². The molecule has 0 saturated carbocycles. The van der Waals surface area contributed by atoms with Crippen molar-refractivity contribution in [1.82, 2.24) is 20.4 Å². The summed E-state index contributed by atoms with van der Waals surface area (Å²) in [5.41, 5.74) is 2.35. The van der Waals surface area contributed by atoms with Gasteiger partial charge in [-0.25, -0.2) is 0 Å². The van der Waals surface area contributed by atoms with E-state index in [2.05, 4.69) is 31.4 Å². The van der Waals surface area contributed by atoms with Gasteiger partial charge in [-0.15, -0.1) is 0 Å². The quantitative estimate of drug-likeness (QED) is 0.848. The fourth-order valence-corrected chi connectivity index (χ4v) is 4.16. The third-order valence-electron chi connectivity index (χ3n) is 5.26. The predicted molar refractivity (Wildman–Crippen MR) is 96.8 cm³/mol. The van der Waals surface area contributed by atoms with Gasteiger partial charge in [-0.1, -0.05) is 28.1 Å². The van der Waals surface area contributed by atoms with Crippen LogP contribution >= 0.6 is 15.9 Å². The van der Waals surface area contributed by atoms with Gasteiger partial charge in [0.05, 0.1) is 5.69 Å². The first-order chi connectivity index (χ1) is 11.6. The molecular weight excluding hydrogens is 368 g/mol. The third-order valence-corrected chi connectivity index (χ3v) is 5.79. The van der Waals surface area contributed by atoms with E-state index < -0.39 is 0 Å². The molecule has 4 rings (SSSR count). The van der Waals surface area contributed by atoms with Gasteiger partial charge in [-0.2, -0.15) is 5.10 Å². The Hall–Kier alpha value is -1.66. The van der Waals surface area contributed by atoms with Crippen molar-refractivity contribution in [2.24, 2.45) is 0 Å². The van der Waals surface area contributed by atoms with Crippen LogP contribution in [-0.2, 0) is 0 Å². The minimum Gasteiger partial charge on any atom is -0.337 e. The number of amides is 1. The molecule has 1 aromatic heterocycles. The zero-order chi connectivity index (χ0) is 16.7. The Balaban J connectivity index is 1.49. The van der Waals surface area contributed by atoms with Crippen LogP contribution in [-0.4, -0.2) is 46.2 Å². The summed E-state index contributed by atoms with van der Waals surface area (Å²) in [7, 11) is 1.91. The minimum absolute atomic E-state index is 0.0251. The number of nitrogens with zero attached hydrogens (tertiary/aromatic N) is 2. The summed E-state index contributed by atoms with van der Waals surface area (Å²) >= 11 is 3.43. The number of aromatic nitrogens is 2. The maximum atomic E-state index is 12.8. The summed E-state index contributed by atoms with van der Waals surface area (Å²) in [5, 5.41) is 10.8. The molecule has 2 N–H and O–H groups in total. The Morgan fingerprint density at radius 3 is 2.54 bits per heavy atom. The number of fused-ring (bicyclic) bond motifs is 2. The van der Waals surface area contributed by atoms with Gasteiger partial charge < -0.3 is 10.2 Å². The summed E-state index contributed by atoms with van der Waals surface area (Å²) in [4.78, 5) is 14.7. The number of nitrogens with one attached hydrogen (secondary N) is 2. The SMILES string of the molecule is CN(C(=O)c1cc(-c2ccc(Br)cc2)n[nH]1)C1CC2CCC(C1)N2. The molecule has 2 fully saturated rings. The molecule has 3 heterocycles. The molecule has 2 aliphatic heterocycles. The maximum Gasteiger partial charge on any atom is 0.271 e. The van der Waals surface area contributed by atoms with E-state index in [1.807, 2.05) is 42.3 Å². The van der Waals surface area contributed by atoms with Crippen LogP contribution in [0, 0.1) is 0 Å². The molecule has 0 radical (unpaired) electrons. The molecular formula is C18H21BrN4O. The molecule has 5 nitrogen and oxygen atoms in total. The number of carbonyl (C=O) groups excluding carboxylic acids is 1. The number of halogens is 1. The maximum absolute atomic E-state index is 12.8. The molecule has 2 atom stereocenters. The van der Waals surface area contributed by atoms with Crippen molar-refractivity contribution in [3.63, 3.8) is 0 Å². The zero-order valence-electron chi connectivity index (χ0n) is 13.6. The van der Waals surface area contributed by atoms with Gasteiger partial charge in [0.2, 0.25) is 0 Å². The second-order valence-electron chi connectivity index (χ2n) is 6.85. The highest BCUT2D eigenvalue weighted by atomic mass is 79.9. The molecule has 6 heteroatoms. The largest absolute Gasteiger partial charge is 0.337 e. The minimum atomic E-state index is 0.0251. The third kappa shape index (κ3) is 3.00. The Morgan fingerprint density at radius 1 is 1.21 bits per heavy atom. The fourth-order valence-electron chi connectivity index (χ4n) is 3.90. The number of aromatic amines is 1. The highest BCUT2D eigenvalue weighted by Gasteiger charge is 2.36. The number of benzene rings is 1. The Morgan fingerprint density at radius 2 is 1.88 bits per heavy atom. The van der Waals surface area contributed by atoms with E-state index in [4.69, 9.17) is 0 Å². The van der Waals surface area contributed by atoms with E-state index >= 15 is 0 Å². The smallest absolute Gasteiger partial charge is 0.271 e. The van der Waals surface area contributed by atoms with Crippen molar-refractivity contribution in [3.05, 3.63) is 40.5 Å². The van der Waals surface area contributed by atoms with E-state index in [0.717, 1.165) is 28.6 Å². The van der Waals surface area contributed by atoms with Crippen LogP contribution in [0.25, 0.3) is 11.3 Å². The van der Waals surface area contributed by atoms with Gasteiger partial charge in [-0.05, 0) is 43.9 Å². The lowest BCUT2D eigenvalue weighted by atomic mass is 9.98. The molecule has 2 unspecified atom stereocenters. The highest BCUT2D eigenvalue weighted by Crippen LogP contribution is 2.30. The molecule has 1 amide bonds. The Labute approximate surface area is 149 Å². The van der Waals surface area contributed by atoms with Crippen molar-refractivity contribution in [1.29, 1.82) is 0 Å². The first-order valence-electron chi connectivity index (χ1n) is 8.44. The first-order valence-corrected chi connectivity index (χ1v) is 9.24. The van der Waals surface area contributed by atoms with Crippen LogP contribution in [0.4, 0.5) is 0 Å². The van der Waals surface area contributed by atoms with Gasteiger partial charge in [0, 0.05) is 35.2 Å². The lowest BCUT2D eigenvalue weighted by molar-refractivity contribution is 0.0675. The van der Waals surface area contributed by atoms with Crippen LogP contribution in [0.1, 0.15) is 36.2 Å². The van der Waals surface area contributed by atoms with Gasteiger partial charge in [-0.3, -0.25) is 9.89 Å². The van der Waals surface area contributed by atoms with Crippen molar-refractivity contribution >= 4 is 21.8 Å². The molecule has 2 aliphatic rings. The van der Waals surface area contributed by atoms with Crippen LogP contribution in [0.5, 0.6) is 0 Å². The zero-order valence-corrected chi connectivity index (χ0v) is 15.2. The van der Waals surface area contributed by atoms with Crippen molar-refractivity contribution < 1.29 is 4.79 Å². The summed E-state index contributed by atoms with van der Waals surface area (Å²) in [6.07, 6.45) is 4.57. The van der Waals surface area contributed by atoms with Crippen LogP contribution in [0.3, 0.4) is 0 Å². The van der Waals surface area contributed by atoms with Gasteiger partial charge >= 0.3 is 0 Å². The number of rotatable bonds is 3. The average molecular weight is 389 g/mol. The molecule has 0 spiro atoms. The topological polar surface area (TPSA) is 61.0 Å². The van der Waals surface area contributed by atoms with E-state index in [9.17, 15) is 4.79 Å². The van der Waals surface area contributed by atoms with E-state index in [-0.39, 0.29) is 5.91 Å². The summed E-state index contributed by atoms with van der Waals surface area (Å²) in [5.74, 6) is 0.0251. The van der Waals surface area contributed by atoms with Crippen LogP contribution < -0.4 is 5.32 Å². The van der Waals surface area contributed by atoms with Gasteiger partial charge in [0.25, 0.3) is 5.91 Å². The van der Waals surface area contributed by atoms with E-state index in [1.54, 1.807) is 0 Å². The molecule has 1 aromatic carbocycles. The molecule has 2 saturated heterocycles. The highest BCUT2D eigenvalue weighted by molar-refractivity contribution is 9.10. The second kappa shape index (κ2) is 6.33. The molecule has 0 aliphatic carbocycles. The number of piperidine rings is 1. The summed E-state index contributed by atoms with van der Waals surface area (Å²) in [6.45, 7) is 0.